The molecule has 0 aliphatic heterocycles. The number of hydrogen-bond acceptors (Lipinski definition) is 6. The molecule has 3 aromatic heterocycles. The Balaban J connectivity index is 1.14. The molecule has 6 nitrogen and oxygen atoms in total. The standard InChI is InChI=1S/C42H30N6/c1-4-10-34(11-5-1)40-25-22-37(43-46-40)19-16-31-28-32(17-20-38-23-26-41(47-44-38)35-12-6-2-7-13-35)30-33(29-31)18-21-39-24-27-42(48-45-39)36-14-8-3-9-15-36/h1-30H/b19-16-,20-17-,21-18-. The topological polar surface area (TPSA) is 77.3 Å². The first kappa shape index (κ1) is 30.0. The van der Waals surface area contributed by atoms with Crippen molar-refractivity contribution in [3.05, 3.63) is 179 Å². The molecule has 7 rings (SSSR count). The third kappa shape index (κ3) is 7.76. The van der Waals surface area contributed by atoms with E-state index in [9.17, 15) is 0 Å². The lowest BCUT2D eigenvalue weighted by Gasteiger charge is -2.04. The van der Waals surface area contributed by atoms with Gasteiger partial charge in [0, 0.05) is 16.7 Å². The van der Waals surface area contributed by atoms with Crippen molar-refractivity contribution in [1.82, 2.24) is 30.6 Å². The maximum absolute atomic E-state index is 4.43. The Kier molecular flexibility index (Phi) is 9.15. The van der Waals surface area contributed by atoms with E-state index in [1.807, 2.05) is 164 Å². The predicted molar refractivity (Wildman–Crippen MR) is 196 cm³/mol. The average molecular weight is 619 g/mol. The van der Waals surface area contributed by atoms with Crippen molar-refractivity contribution in [2.24, 2.45) is 0 Å². The van der Waals surface area contributed by atoms with Crippen molar-refractivity contribution in [2.45, 2.75) is 0 Å². The van der Waals surface area contributed by atoms with Crippen molar-refractivity contribution < 1.29 is 0 Å². The fraction of sp³-hybridized carbons (Fsp3) is 0. The summed E-state index contributed by atoms with van der Waals surface area (Å²) in [5.74, 6) is 0. The van der Waals surface area contributed by atoms with E-state index in [0.717, 1.165) is 67.5 Å². The summed E-state index contributed by atoms with van der Waals surface area (Å²) in [5.41, 5.74) is 11.0. The molecule has 7 aromatic rings. The molecule has 0 atom stereocenters. The summed E-state index contributed by atoms with van der Waals surface area (Å²) < 4.78 is 0. The summed E-state index contributed by atoms with van der Waals surface area (Å²) >= 11 is 0. The normalized spacial score (nSPS) is 11.5. The third-order valence-corrected chi connectivity index (χ3v) is 7.60. The second kappa shape index (κ2) is 14.6. The highest BCUT2D eigenvalue weighted by Crippen LogP contribution is 2.21. The molecule has 4 aromatic carbocycles. The summed E-state index contributed by atoms with van der Waals surface area (Å²) in [7, 11) is 0. The van der Waals surface area contributed by atoms with Gasteiger partial charge in [-0.3, -0.25) is 0 Å². The van der Waals surface area contributed by atoms with Crippen LogP contribution in [0.1, 0.15) is 33.8 Å². The molecule has 3 heterocycles. The summed E-state index contributed by atoms with van der Waals surface area (Å²) in [6.45, 7) is 0. The van der Waals surface area contributed by atoms with Gasteiger partial charge < -0.3 is 0 Å². The van der Waals surface area contributed by atoms with Crippen molar-refractivity contribution >= 4 is 36.5 Å². The zero-order valence-corrected chi connectivity index (χ0v) is 26.0. The van der Waals surface area contributed by atoms with Gasteiger partial charge in [-0.15, -0.1) is 15.3 Å². The summed E-state index contributed by atoms with van der Waals surface area (Å²) in [5, 5.41) is 26.6. The molecule has 0 spiro atoms. The van der Waals surface area contributed by atoms with E-state index >= 15 is 0 Å². The van der Waals surface area contributed by atoms with Crippen LogP contribution in [-0.4, -0.2) is 30.6 Å². The van der Waals surface area contributed by atoms with Crippen LogP contribution in [-0.2, 0) is 0 Å². The first-order chi connectivity index (χ1) is 23.7. The van der Waals surface area contributed by atoms with E-state index < -0.39 is 0 Å². The number of benzene rings is 4. The average Bonchev–Trinajstić information content (AvgIpc) is 3.17. The van der Waals surface area contributed by atoms with Gasteiger partial charge in [0.2, 0.25) is 0 Å². The SMILES string of the molecule is C(=C/c1ccc(-c2ccccc2)nn1)/c1cc(/C=C\c2ccc(-c3ccccc3)nn2)cc(/C=C\c2ccc(-c3ccccc3)nn2)c1. The van der Waals surface area contributed by atoms with Crippen LogP contribution in [0, 0.1) is 0 Å². The van der Waals surface area contributed by atoms with Crippen LogP contribution in [0.3, 0.4) is 0 Å². The third-order valence-electron chi connectivity index (χ3n) is 7.60. The Morgan fingerprint density at radius 2 is 0.562 bits per heavy atom. The molecule has 0 N–H and O–H groups in total. The summed E-state index contributed by atoms with van der Waals surface area (Å²) in [6, 6.07) is 48.4. The van der Waals surface area contributed by atoms with Gasteiger partial charge in [-0.1, -0.05) is 109 Å². The van der Waals surface area contributed by atoms with Gasteiger partial charge in [0.1, 0.15) is 0 Å². The van der Waals surface area contributed by atoms with Crippen molar-refractivity contribution in [2.75, 3.05) is 0 Å². The Morgan fingerprint density at radius 1 is 0.271 bits per heavy atom. The molecule has 6 heteroatoms. The van der Waals surface area contributed by atoms with Crippen LogP contribution >= 0.6 is 0 Å². The minimum absolute atomic E-state index is 0.773. The predicted octanol–water partition coefficient (Wildman–Crippen LogP) is 9.57. The van der Waals surface area contributed by atoms with Crippen LogP contribution in [0.4, 0.5) is 0 Å². The quantitative estimate of drug-likeness (QED) is 0.160. The first-order valence-corrected chi connectivity index (χ1v) is 15.6. The molecule has 0 saturated carbocycles. The Morgan fingerprint density at radius 3 is 0.812 bits per heavy atom. The zero-order chi connectivity index (χ0) is 32.4. The van der Waals surface area contributed by atoms with Crippen molar-refractivity contribution in [3.8, 4) is 33.8 Å². The van der Waals surface area contributed by atoms with Gasteiger partial charge in [0.25, 0.3) is 0 Å². The smallest absolute Gasteiger partial charge is 0.0930 e. The van der Waals surface area contributed by atoms with Gasteiger partial charge in [0.15, 0.2) is 0 Å². The Bertz CT molecular complexity index is 1910. The molecule has 0 fully saturated rings. The van der Waals surface area contributed by atoms with Crippen LogP contribution in [0.5, 0.6) is 0 Å². The summed E-state index contributed by atoms with van der Waals surface area (Å²) in [6.07, 6.45) is 12.1. The van der Waals surface area contributed by atoms with Gasteiger partial charge in [-0.25, -0.2) is 0 Å². The number of nitrogens with zero attached hydrogens (tertiary/aromatic N) is 6. The largest absolute Gasteiger partial charge is 0.151 e. The van der Waals surface area contributed by atoms with E-state index in [2.05, 4.69) is 48.8 Å². The zero-order valence-electron chi connectivity index (χ0n) is 26.0. The van der Waals surface area contributed by atoms with E-state index in [-0.39, 0.29) is 0 Å². The molecule has 228 valence electrons. The van der Waals surface area contributed by atoms with Crippen LogP contribution < -0.4 is 0 Å². The Hall–Kier alpha value is -6.66. The van der Waals surface area contributed by atoms with Gasteiger partial charge >= 0.3 is 0 Å². The molecule has 0 amide bonds. The number of aromatic nitrogens is 6. The molecule has 0 unspecified atom stereocenters. The molecule has 0 bridgehead atoms. The lowest BCUT2D eigenvalue weighted by atomic mass is 10.0. The molecule has 0 saturated heterocycles. The second-order valence-corrected chi connectivity index (χ2v) is 11.1. The first-order valence-electron chi connectivity index (χ1n) is 15.6. The Labute approximate surface area is 279 Å². The van der Waals surface area contributed by atoms with Gasteiger partial charge in [0.05, 0.1) is 34.2 Å². The van der Waals surface area contributed by atoms with E-state index in [1.54, 1.807) is 0 Å². The van der Waals surface area contributed by atoms with E-state index in [1.165, 1.54) is 0 Å². The van der Waals surface area contributed by atoms with Crippen LogP contribution in [0.15, 0.2) is 146 Å². The monoisotopic (exact) mass is 618 g/mol. The maximum atomic E-state index is 4.43. The highest BCUT2D eigenvalue weighted by atomic mass is 15.1. The molecule has 48 heavy (non-hydrogen) atoms. The lowest BCUT2D eigenvalue weighted by Crippen LogP contribution is -1.90. The minimum Gasteiger partial charge on any atom is -0.151 e. The highest BCUT2D eigenvalue weighted by molar-refractivity contribution is 5.78. The van der Waals surface area contributed by atoms with E-state index in [0.29, 0.717) is 0 Å². The number of hydrogen-bond donors (Lipinski definition) is 0. The van der Waals surface area contributed by atoms with Crippen LogP contribution in [0.2, 0.25) is 0 Å². The van der Waals surface area contributed by atoms with Crippen molar-refractivity contribution in [1.29, 1.82) is 0 Å². The fourth-order valence-electron chi connectivity index (χ4n) is 5.12. The number of rotatable bonds is 9. The molecule has 0 aliphatic rings. The van der Waals surface area contributed by atoms with E-state index in [4.69, 9.17) is 0 Å². The fourth-order valence-corrected chi connectivity index (χ4v) is 5.12. The highest BCUT2D eigenvalue weighted by Gasteiger charge is 2.03. The molecular formula is C42H30N6. The summed E-state index contributed by atoms with van der Waals surface area (Å²) in [4.78, 5) is 0. The second-order valence-electron chi connectivity index (χ2n) is 11.1. The van der Waals surface area contributed by atoms with Crippen LogP contribution in [0.25, 0.3) is 70.2 Å². The molecule has 0 radical (unpaired) electrons. The van der Waals surface area contributed by atoms with Gasteiger partial charge in [-0.05, 0) is 89.5 Å². The van der Waals surface area contributed by atoms with Gasteiger partial charge in [-0.2, -0.15) is 15.3 Å². The lowest BCUT2D eigenvalue weighted by molar-refractivity contribution is 1.02. The van der Waals surface area contributed by atoms with Crippen molar-refractivity contribution in [3.63, 3.8) is 0 Å². The minimum atomic E-state index is 0.773. The molecular weight excluding hydrogens is 589 g/mol. The molecule has 0 aliphatic carbocycles. The maximum Gasteiger partial charge on any atom is 0.0930 e.